The zero-order valence-corrected chi connectivity index (χ0v) is 17.2. The Morgan fingerprint density at radius 1 is 0.800 bits per heavy atom. The molecule has 6 atom stereocenters. The van der Waals surface area contributed by atoms with Crippen molar-refractivity contribution in [3.8, 4) is 0 Å². The summed E-state index contributed by atoms with van der Waals surface area (Å²) in [5.41, 5.74) is 0. The molecule has 1 rings (SSSR count). The molecule has 0 amide bonds. The second-order valence-electron chi connectivity index (χ2n) is 6.43. The second kappa shape index (κ2) is 14.3. The maximum Gasteiger partial charge on any atom is 0.189 e. The minimum atomic E-state index is -0.600. The SMILES string of the molecule is CCCCOC1[C@H](OCCCC)C(CO)O[C@@H](OP)[C@H]1OCCCC. The number of ether oxygens (including phenoxy) is 4. The largest absolute Gasteiger partial charge is 0.394 e. The van der Waals surface area contributed by atoms with E-state index in [4.69, 9.17) is 23.5 Å². The first-order valence-corrected chi connectivity index (χ1v) is 10.2. The molecule has 0 spiro atoms. The molecule has 0 aromatic carbocycles. The van der Waals surface area contributed by atoms with Crippen LogP contribution in [0.2, 0.25) is 0 Å². The first-order chi connectivity index (χ1) is 12.2. The van der Waals surface area contributed by atoms with Crippen LogP contribution in [0.4, 0.5) is 0 Å². The first kappa shape index (κ1) is 23.2. The average molecular weight is 380 g/mol. The molecule has 0 aliphatic carbocycles. The molecule has 150 valence electrons. The van der Waals surface area contributed by atoms with Gasteiger partial charge in [0.15, 0.2) is 6.29 Å². The normalized spacial score (nSPS) is 29.9. The van der Waals surface area contributed by atoms with E-state index in [2.05, 4.69) is 30.2 Å². The van der Waals surface area contributed by atoms with Crippen molar-refractivity contribution in [2.45, 2.75) is 90.0 Å². The summed E-state index contributed by atoms with van der Waals surface area (Å²) in [4.78, 5) is 0. The third-order valence-corrected chi connectivity index (χ3v) is 4.60. The van der Waals surface area contributed by atoms with Gasteiger partial charge in [0, 0.05) is 29.3 Å². The highest BCUT2D eigenvalue weighted by Gasteiger charge is 2.48. The van der Waals surface area contributed by atoms with Gasteiger partial charge in [-0.1, -0.05) is 40.0 Å². The Morgan fingerprint density at radius 2 is 1.28 bits per heavy atom. The Morgan fingerprint density at radius 3 is 1.72 bits per heavy atom. The molecule has 6 nitrogen and oxygen atoms in total. The van der Waals surface area contributed by atoms with Crippen molar-refractivity contribution >= 4 is 9.47 Å². The van der Waals surface area contributed by atoms with Gasteiger partial charge in [0.05, 0.1) is 6.61 Å². The van der Waals surface area contributed by atoms with Crippen LogP contribution in [0.3, 0.4) is 0 Å². The van der Waals surface area contributed by atoms with Crippen molar-refractivity contribution in [2.24, 2.45) is 0 Å². The molecule has 25 heavy (non-hydrogen) atoms. The monoisotopic (exact) mass is 380 g/mol. The van der Waals surface area contributed by atoms with Crippen LogP contribution >= 0.6 is 9.47 Å². The van der Waals surface area contributed by atoms with Crippen LogP contribution in [0.5, 0.6) is 0 Å². The molecule has 7 heteroatoms. The molecule has 3 unspecified atom stereocenters. The third kappa shape index (κ3) is 7.76. The third-order valence-electron chi connectivity index (χ3n) is 4.33. The standard InChI is InChI=1S/C18H37O6P/c1-4-7-10-20-15-14(13-19)23-18(24-25)17(22-12-9-6-3)16(15)21-11-8-5-2/h14-19H,4-13,25H2,1-3H3/t14?,15-,16?,17+,18+/m1/s1. The van der Waals surface area contributed by atoms with Gasteiger partial charge in [-0.15, -0.1) is 0 Å². The summed E-state index contributed by atoms with van der Waals surface area (Å²) in [6, 6.07) is 0. The predicted molar refractivity (Wildman–Crippen MR) is 100 cm³/mol. The Labute approximate surface area is 155 Å². The Kier molecular flexibility index (Phi) is 13.3. The van der Waals surface area contributed by atoms with Crippen molar-refractivity contribution in [2.75, 3.05) is 26.4 Å². The molecule has 0 radical (unpaired) electrons. The van der Waals surface area contributed by atoms with Crippen LogP contribution in [0.1, 0.15) is 59.3 Å². The summed E-state index contributed by atoms with van der Waals surface area (Å²) in [5, 5.41) is 9.76. The molecule has 0 bridgehead atoms. The zero-order chi connectivity index (χ0) is 18.5. The molecule has 1 aliphatic rings. The minimum absolute atomic E-state index is 0.142. The smallest absolute Gasteiger partial charge is 0.189 e. The van der Waals surface area contributed by atoms with Gasteiger partial charge in [0.1, 0.15) is 24.4 Å². The quantitative estimate of drug-likeness (QED) is 0.369. The van der Waals surface area contributed by atoms with E-state index in [9.17, 15) is 5.11 Å². The highest BCUT2D eigenvalue weighted by Crippen LogP contribution is 2.30. The molecular weight excluding hydrogens is 343 g/mol. The van der Waals surface area contributed by atoms with Crippen molar-refractivity contribution in [1.82, 2.24) is 0 Å². The van der Waals surface area contributed by atoms with E-state index in [0.29, 0.717) is 19.8 Å². The van der Waals surface area contributed by atoms with E-state index in [0.717, 1.165) is 38.5 Å². The highest BCUT2D eigenvalue weighted by molar-refractivity contribution is 7.09. The van der Waals surface area contributed by atoms with E-state index in [1.807, 2.05) is 0 Å². The van der Waals surface area contributed by atoms with E-state index in [1.54, 1.807) is 0 Å². The Hall–Kier alpha value is 0.190. The van der Waals surface area contributed by atoms with Gasteiger partial charge in [-0.3, -0.25) is 0 Å². The van der Waals surface area contributed by atoms with Crippen molar-refractivity contribution in [1.29, 1.82) is 0 Å². The van der Waals surface area contributed by atoms with Crippen molar-refractivity contribution in [3.05, 3.63) is 0 Å². The average Bonchev–Trinajstić information content (AvgIpc) is 2.63. The number of aliphatic hydroxyl groups is 1. The van der Waals surface area contributed by atoms with Gasteiger partial charge >= 0.3 is 0 Å². The van der Waals surface area contributed by atoms with Crippen LogP contribution in [0.25, 0.3) is 0 Å². The fourth-order valence-corrected chi connectivity index (χ4v) is 3.01. The molecule has 0 aromatic heterocycles. The maximum absolute atomic E-state index is 9.76. The van der Waals surface area contributed by atoms with Crippen LogP contribution in [-0.4, -0.2) is 62.2 Å². The van der Waals surface area contributed by atoms with Gasteiger partial charge in [0.25, 0.3) is 0 Å². The molecule has 0 aromatic rings. The number of unbranched alkanes of at least 4 members (excludes halogenated alkanes) is 3. The topological polar surface area (TPSA) is 66.4 Å². The van der Waals surface area contributed by atoms with Crippen LogP contribution in [0, 0.1) is 0 Å². The lowest BCUT2D eigenvalue weighted by Crippen LogP contribution is -2.61. The summed E-state index contributed by atoms with van der Waals surface area (Å²) >= 11 is 0. The summed E-state index contributed by atoms with van der Waals surface area (Å²) in [6.45, 7) is 8.09. The fourth-order valence-electron chi connectivity index (χ4n) is 2.79. The lowest BCUT2D eigenvalue weighted by molar-refractivity contribution is -0.300. The lowest BCUT2D eigenvalue weighted by Gasteiger charge is -2.45. The molecular formula is C18H37O6P. The molecule has 0 saturated carbocycles. The van der Waals surface area contributed by atoms with Crippen molar-refractivity contribution in [3.63, 3.8) is 0 Å². The maximum atomic E-state index is 9.76. The minimum Gasteiger partial charge on any atom is -0.394 e. The number of hydrogen-bond acceptors (Lipinski definition) is 6. The molecule has 1 aliphatic heterocycles. The first-order valence-electron chi connectivity index (χ1n) is 9.70. The molecule has 1 N–H and O–H groups in total. The number of aliphatic hydroxyl groups excluding tert-OH is 1. The molecule has 1 heterocycles. The predicted octanol–water partition coefficient (Wildman–Crippen LogP) is 3.07. The van der Waals surface area contributed by atoms with Gasteiger partial charge in [0.2, 0.25) is 0 Å². The van der Waals surface area contributed by atoms with E-state index in [1.165, 1.54) is 0 Å². The summed E-state index contributed by atoms with van der Waals surface area (Å²) in [6.07, 6.45) is 3.90. The van der Waals surface area contributed by atoms with E-state index in [-0.39, 0.29) is 24.9 Å². The number of hydrogen-bond donors (Lipinski definition) is 1. The van der Waals surface area contributed by atoms with Crippen LogP contribution in [0.15, 0.2) is 0 Å². The van der Waals surface area contributed by atoms with E-state index < -0.39 is 12.4 Å². The Balaban J connectivity index is 2.87. The van der Waals surface area contributed by atoms with Crippen LogP contribution < -0.4 is 0 Å². The second-order valence-corrected chi connectivity index (χ2v) is 6.70. The van der Waals surface area contributed by atoms with Gasteiger partial charge in [-0.2, -0.15) is 0 Å². The summed E-state index contributed by atoms with van der Waals surface area (Å²) in [7, 11) is 2.23. The Bertz CT molecular complexity index is 296. The highest BCUT2D eigenvalue weighted by atomic mass is 31.0. The van der Waals surface area contributed by atoms with Gasteiger partial charge in [-0.25, -0.2) is 0 Å². The van der Waals surface area contributed by atoms with Crippen molar-refractivity contribution < 1.29 is 28.6 Å². The summed E-state index contributed by atoms with van der Waals surface area (Å²) < 4.78 is 29.5. The number of rotatable bonds is 14. The lowest BCUT2D eigenvalue weighted by atomic mass is 9.98. The molecule has 1 fully saturated rings. The van der Waals surface area contributed by atoms with Gasteiger partial charge < -0.3 is 28.6 Å². The summed E-state index contributed by atoms with van der Waals surface area (Å²) in [5.74, 6) is 0. The molecule has 1 saturated heterocycles. The van der Waals surface area contributed by atoms with Gasteiger partial charge in [-0.05, 0) is 19.3 Å². The van der Waals surface area contributed by atoms with Crippen LogP contribution in [-0.2, 0) is 23.5 Å². The zero-order valence-electron chi connectivity index (χ0n) is 16.0. The van der Waals surface area contributed by atoms with E-state index >= 15 is 0 Å². The fraction of sp³-hybridized carbons (Fsp3) is 1.00.